The number of nitrogens with two attached hydrogens (primary N) is 1. The first-order valence-electron chi connectivity index (χ1n) is 7.61. The summed E-state index contributed by atoms with van der Waals surface area (Å²) in [5, 5.41) is 2.75. The number of ether oxygens (including phenoxy) is 1. The SMILES string of the molecule is CC(C)(C)OC(=O)N1CC2C(C1)C2C(=O)Nc1cc(N)ncn1. The zero-order valence-corrected chi connectivity index (χ0v) is 13.4. The molecular formula is C15H21N5O3. The van der Waals surface area contributed by atoms with E-state index in [1.54, 1.807) is 4.90 Å². The van der Waals surface area contributed by atoms with E-state index >= 15 is 0 Å². The summed E-state index contributed by atoms with van der Waals surface area (Å²) in [6, 6.07) is 1.52. The molecule has 1 aliphatic carbocycles. The van der Waals surface area contributed by atoms with Crippen LogP contribution in [0, 0.1) is 17.8 Å². The van der Waals surface area contributed by atoms with Gasteiger partial charge in [-0.3, -0.25) is 4.79 Å². The third-order valence-electron chi connectivity index (χ3n) is 4.09. The van der Waals surface area contributed by atoms with Gasteiger partial charge in [0.25, 0.3) is 0 Å². The van der Waals surface area contributed by atoms with Gasteiger partial charge < -0.3 is 20.7 Å². The number of nitrogens with one attached hydrogen (secondary N) is 1. The Morgan fingerprint density at radius 3 is 2.52 bits per heavy atom. The lowest BCUT2D eigenvalue weighted by Gasteiger charge is -2.25. The van der Waals surface area contributed by atoms with Gasteiger partial charge in [-0.05, 0) is 32.6 Å². The Hall–Kier alpha value is -2.38. The first-order chi connectivity index (χ1) is 10.7. The molecule has 2 fully saturated rings. The van der Waals surface area contributed by atoms with Crippen molar-refractivity contribution in [3.63, 3.8) is 0 Å². The summed E-state index contributed by atoms with van der Waals surface area (Å²) in [4.78, 5) is 33.7. The van der Waals surface area contributed by atoms with Gasteiger partial charge in [0, 0.05) is 25.1 Å². The second kappa shape index (κ2) is 5.36. The Bertz CT molecular complexity index is 630. The Morgan fingerprint density at radius 2 is 1.96 bits per heavy atom. The van der Waals surface area contributed by atoms with Gasteiger partial charge in [0.2, 0.25) is 5.91 Å². The van der Waals surface area contributed by atoms with Crippen LogP contribution in [0.15, 0.2) is 12.4 Å². The molecule has 1 saturated heterocycles. The molecule has 1 saturated carbocycles. The fourth-order valence-electron chi connectivity index (χ4n) is 3.04. The van der Waals surface area contributed by atoms with Crippen LogP contribution in [-0.4, -0.2) is 45.6 Å². The molecule has 3 N–H and O–H groups in total. The lowest BCUT2D eigenvalue weighted by Crippen LogP contribution is -2.38. The lowest BCUT2D eigenvalue weighted by molar-refractivity contribution is -0.118. The number of fused-ring (bicyclic) bond motifs is 1. The number of hydrogen-bond acceptors (Lipinski definition) is 6. The average Bonchev–Trinajstić information content (AvgIpc) is 2.92. The molecule has 1 aromatic rings. The van der Waals surface area contributed by atoms with Crippen molar-refractivity contribution >= 4 is 23.6 Å². The summed E-state index contributed by atoms with van der Waals surface area (Å²) in [6.07, 6.45) is 0.996. The van der Waals surface area contributed by atoms with Gasteiger partial charge in [-0.25, -0.2) is 14.8 Å². The number of hydrogen-bond donors (Lipinski definition) is 2. The quantitative estimate of drug-likeness (QED) is 0.845. The molecule has 2 amide bonds. The molecule has 1 aromatic heterocycles. The van der Waals surface area contributed by atoms with Gasteiger partial charge in [0.05, 0.1) is 0 Å². The largest absolute Gasteiger partial charge is 0.444 e. The van der Waals surface area contributed by atoms with Crippen LogP contribution in [0.3, 0.4) is 0 Å². The first kappa shape index (κ1) is 15.5. The number of amides is 2. The van der Waals surface area contributed by atoms with E-state index in [-0.39, 0.29) is 29.8 Å². The van der Waals surface area contributed by atoms with E-state index in [1.807, 2.05) is 20.8 Å². The zero-order chi connectivity index (χ0) is 16.8. The summed E-state index contributed by atoms with van der Waals surface area (Å²) in [5.41, 5.74) is 5.05. The maximum atomic E-state index is 12.3. The average molecular weight is 319 g/mol. The number of nitrogen functional groups attached to an aromatic ring is 1. The third-order valence-corrected chi connectivity index (χ3v) is 4.09. The van der Waals surface area contributed by atoms with Crippen molar-refractivity contribution in [2.24, 2.45) is 17.8 Å². The Kier molecular flexibility index (Phi) is 3.62. The number of nitrogens with zero attached hydrogens (tertiary/aromatic N) is 3. The highest BCUT2D eigenvalue weighted by Crippen LogP contribution is 2.52. The molecule has 124 valence electrons. The van der Waals surface area contributed by atoms with Crippen LogP contribution >= 0.6 is 0 Å². The van der Waals surface area contributed by atoms with E-state index in [4.69, 9.17) is 10.5 Å². The first-order valence-corrected chi connectivity index (χ1v) is 7.61. The zero-order valence-electron chi connectivity index (χ0n) is 13.4. The molecule has 1 aliphatic heterocycles. The van der Waals surface area contributed by atoms with Crippen molar-refractivity contribution in [1.82, 2.24) is 14.9 Å². The molecule has 2 heterocycles. The predicted molar refractivity (Wildman–Crippen MR) is 83.4 cm³/mol. The normalized spacial score (nSPS) is 25.7. The highest BCUT2D eigenvalue weighted by Gasteiger charge is 2.60. The van der Waals surface area contributed by atoms with Crippen LogP contribution in [0.25, 0.3) is 0 Å². The molecular weight excluding hydrogens is 298 g/mol. The number of carbonyl (C=O) groups is 2. The molecule has 0 bridgehead atoms. The summed E-state index contributed by atoms with van der Waals surface area (Å²) in [6.45, 7) is 6.63. The van der Waals surface area contributed by atoms with Gasteiger partial charge in [-0.15, -0.1) is 0 Å². The van der Waals surface area contributed by atoms with Crippen molar-refractivity contribution < 1.29 is 14.3 Å². The Balaban J connectivity index is 1.52. The molecule has 0 radical (unpaired) electrons. The molecule has 0 spiro atoms. The highest BCUT2D eigenvalue weighted by molar-refractivity contribution is 5.94. The number of likely N-dealkylation sites (tertiary alicyclic amines) is 1. The van der Waals surface area contributed by atoms with Gasteiger partial charge in [0.1, 0.15) is 23.6 Å². The van der Waals surface area contributed by atoms with Crippen LogP contribution < -0.4 is 11.1 Å². The standard InChI is InChI=1S/C15H21N5O3/c1-15(2,3)23-14(22)20-5-8-9(6-20)12(8)13(21)19-11-4-10(16)17-7-18-11/h4,7-9,12H,5-6H2,1-3H3,(H3,16,17,18,19,21). The van der Waals surface area contributed by atoms with E-state index in [0.29, 0.717) is 24.7 Å². The van der Waals surface area contributed by atoms with Crippen molar-refractivity contribution in [1.29, 1.82) is 0 Å². The maximum absolute atomic E-state index is 12.3. The molecule has 0 aromatic carbocycles. The Labute approximate surface area is 134 Å². The fourth-order valence-corrected chi connectivity index (χ4v) is 3.04. The second-order valence-electron chi connectivity index (χ2n) is 7.06. The number of aromatic nitrogens is 2. The van der Waals surface area contributed by atoms with Crippen LogP contribution in [0.5, 0.6) is 0 Å². The van der Waals surface area contributed by atoms with Crippen LogP contribution in [0.4, 0.5) is 16.4 Å². The van der Waals surface area contributed by atoms with Crippen molar-refractivity contribution in [3.05, 3.63) is 12.4 Å². The van der Waals surface area contributed by atoms with E-state index in [2.05, 4.69) is 15.3 Å². The lowest BCUT2D eigenvalue weighted by atomic mass is 10.2. The van der Waals surface area contributed by atoms with Crippen molar-refractivity contribution in [3.8, 4) is 0 Å². The number of piperidine rings is 1. The summed E-state index contributed by atoms with van der Waals surface area (Å²) in [7, 11) is 0. The summed E-state index contributed by atoms with van der Waals surface area (Å²) < 4.78 is 5.35. The minimum Gasteiger partial charge on any atom is -0.444 e. The molecule has 23 heavy (non-hydrogen) atoms. The third kappa shape index (κ3) is 3.35. The number of anilines is 2. The fraction of sp³-hybridized carbons (Fsp3) is 0.600. The minimum atomic E-state index is -0.506. The van der Waals surface area contributed by atoms with Gasteiger partial charge in [-0.2, -0.15) is 0 Å². The number of carbonyl (C=O) groups excluding carboxylic acids is 2. The van der Waals surface area contributed by atoms with Crippen molar-refractivity contribution in [2.75, 3.05) is 24.1 Å². The van der Waals surface area contributed by atoms with Gasteiger partial charge >= 0.3 is 6.09 Å². The molecule has 2 atom stereocenters. The summed E-state index contributed by atoms with van der Waals surface area (Å²) in [5.74, 6) is 0.939. The van der Waals surface area contributed by atoms with E-state index in [0.717, 1.165) is 0 Å². The van der Waals surface area contributed by atoms with E-state index in [9.17, 15) is 9.59 Å². The molecule has 2 unspecified atom stereocenters. The van der Waals surface area contributed by atoms with Crippen molar-refractivity contribution in [2.45, 2.75) is 26.4 Å². The van der Waals surface area contributed by atoms with Crippen LogP contribution in [0.1, 0.15) is 20.8 Å². The van der Waals surface area contributed by atoms with Gasteiger partial charge in [-0.1, -0.05) is 0 Å². The van der Waals surface area contributed by atoms with E-state index < -0.39 is 5.60 Å². The van der Waals surface area contributed by atoms with Gasteiger partial charge in [0.15, 0.2) is 0 Å². The number of rotatable bonds is 2. The smallest absolute Gasteiger partial charge is 0.410 e. The Morgan fingerprint density at radius 1 is 1.30 bits per heavy atom. The van der Waals surface area contributed by atoms with Crippen LogP contribution in [-0.2, 0) is 9.53 Å². The van der Waals surface area contributed by atoms with E-state index in [1.165, 1.54) is 12.4 Å². The molecule has 8 nitrogen and oxygen atoms in total. The molecule has 8 heteroatoms. The second-order valence-corrected chi connectivity index (χ2v) is 7.06. The monoisotopic (exact) mass is 319 g/mol. The minimum absolute atomic E-state index is 0.0788. The highest BCUT2D eigenvalue weighted by atomic mass is 16.6. The predicted octanol–water partition coefficient (Wildman–Crippen LogP) is 1.11. The maximum Gasteiger partial charge on any atom is 0.410 e. The topological polar surface area (TPSA) is 110 Å². The summed E-state index contributed by atoms with van der Waals surface area (Å²) >= 11 is 0. The molecule has 3 rings (SSSR count). The molecule has 2 aliphatic rings. The van der Waals surface area contributed by atoms with Crippen LogP contribution in [0.2, 0.25) is 0 Å².